The Morgan fingerprint density at radius 2 is 1.25 bits per heavy atom. The molecule has 0 atom stereocenters. The third-order valence-electron chi connectivity index (χ3n) is 1.63. The summed E-state index contributed by atoms with van der Waals surface area (Å²) >= 11 is 0.825. The molecule has 0 saturated heterocycles. The third kappa shape index (κ3) is 3.32. The second-order valence-electron chi connectivity index (χ2n) is 2.85. The van der Waals surface area contributed by atoms with Crippen LogP contribution in [0, 0.1) is 0 Å². The van der Waals surface area contributed by atoms with Crippen molar-refractivity contribution >= 4 is 42.6 Å². The van der Waals surface area contributed by atoms with Gasteiger partial charge < -0.3 is 0 Å². The van der Waals surface area contributed by atoms with Crippen molar-refractivity contribution in [3.05, 3.63) is 0 Å². The van der Waals surface area contributed by atoms with E-state index in [0.717, 1.165) is 24.7 Å². The van der Waals surface area contributed by atoms with Crippen molar-refractivity contribution in [1.82, 2.24) is 2.22 Å². The average molecular weight is 249 g/mol. The molecule has 0 amide bonds. The van der Waals surface area contributed by atoms with E-state index in [4.69, 9.17) is 0 Å². The molecule has 0 N–H and O–H groups in total. The molecule has 0 fully saturated rings. The van der Waals surface area contributed by atoms with Crippen LogP contribution in [0.15, 0.2) is 0 Å². The maximum atomic E-state index is 2.82. The fraction of sp³-hybridized carbons (Fsp3) is 1.00. The van der Waals surface area contributed by atoms with Crippen LogP contribution < -0.4 is 0 Å². The van der Waals surface area contributed by atoms with Gasteiger partial charge in [-0.25, -0.2) is 0 Å². The first-order chi connectivity index (χ1) is 3.55. The predicted octanol–water partition coefficient (Wildman–Crippen LogP) is -0.197. The van der Waals surface area contributed by atoms with Crippen LogP contribution in [-0.2, 0) is 0 Å². The van der Waals surface area contributed by atoms with E-state index in [9.17, 15) is 0 Å². The van der Waals surface area contributed by atoms with E-state index in [0.29, 0.717) is 0 Å². The number of nitrogens with zero attached hydrogens (tertiary/aromatic N) is 1. The zero-order chi connectivity index (χ0) is 6.73. The molecule has 0 saturated carbocycles. The summed E-state index contributed by atoms with van der Waals surface area (Å²) in [5, 5.41) is 0. The molecule has 0 aliphatic carbocycles. The summed E-state index contributed by atoms with van der Waals surface area (Å²) in [5.74, 6) is 0. The predicted molar refractivity (Wildman–Crippen MR) is 48.1 cm³/mol. The number of rotatable bonds is 2. The van der Waals surface area contributed by atoms with E-state index < -0.39 is 0 Å². The number of hydrogen-bond donors (Lipinski definition) is 0. The van der Waals surface area contributed by atoms with Crippen LogP contribution in [0.2, 0.25) is 26.2 Å². The summed E-state index contributed by atoms with van der Waals surface area (Å²) in [6.45, 7) is 9.74. The van der Waals surface area contributed by atoms with Gasteiger partial charge in [0.2, 0.25) is 0 Å². The Morgan fingerprint density at radius 3 is 1.25 bits per heavy atom. The van der Waals surface area contributed by atoms with Crippen molar-refractivity contribution in [3.8, 4) is 0 Å². The Kier molecular flexibility index (Phi) is 4.79. The fourth-order valence-corrected chi connectivity index (χ4v) is 5.37. The maximum absolute atomic E-state index is 2.82. The van der Waals surface area contributed by atoms with Crippen LogP contribution in [0.25, 0.3) is 0 Å². The van der Waals surface area contributed by atoms with Crippen LogP contribution in [0.5, 0.6) is 0 Å². The van der Waals surface area contributed by atoms with Crippen molar-refractivity contribution < 1.29 is 0 Å². The quantitative estimate of drug-likeness (QED) is 0.613. The Balaban J connectivity index is 3.46. The van der Waals surface area contributed by atoms with Crippen molar-refractivity contribution in [2.24, 2.45) is 0 Å². The molecule has 4 heteroatoms. The van der Waals surface area contributed by atoms with Gasteiger partial charge in [0.05, 0.1) is 0 Å². The standard InChI is InChI=1S/C4H14NSi2.In.2H/c1-6(2)5-7(3)4;;;/h6-7H,1-4H3;;;/q-1;+1;;. The molecular formula is C4H16InNSi2. The number of hydrogen-bond acceptors (Lipinski definition) is 1. The third-order valence-corrected chi connectivity index (χ3v) is 26.2. The molecule has 0 unspecified atom stereocenters. The minimum absolute atomic E-state index is 0.334. The van der Waals surface area contributed by atoms with Gasteiger partial charge in [-0.2, -0.15) is 0 Å². The SMILES string of the molecule is C[SiH](C)[N]([InH2])[SiH](C)C. The zero-order valence-corrected chi connectivity index (χ0v) is 14.6. The van der Waals surface area contributed by atoms with E-state index in [1.54, 1.807) is 0 Å². The summed E-state index contributed by atoms with van der Waals surface area (Å²) in [7, 11) is -0.668. The Labute approximate surface area is 70.8 Å². The van der Waals surface area contributed by atoms with Gasteiger partial charge in [-0.1, -0.05) is 0 Å². The second-order valence-corrected chi connectivity index (χ2v) is 18.3. The van der Waals surface area contributed by atoms with E-state index in [1.807, 2.05) is 0 Å². The summed E-state index contributed by atoms with van der Waals surface area (Å²) in [6, 6.07) is 0. The van der Waals surface area contributed by atoms with Crippen molar-refractivity contribution in [1.29, 1.82) is 0 Å². The van der Waals surface area contributed by atoms with Crippen LogP contribution in [0.1, 0.15) is 0 Å². The minimum atomic E-state index is -0.334. The molecule has 0 aliphatic heterocycles. The van der Waals surface area contributed by atoms with Crippen molar-refractivity contribution in [2.75, 3.05) is 0 Å². The molecular weight excluding hydrogens is 233 g/mol. The fourth-order valence-electron chi connectivity index (χ4n) is 0.596. The average Bonchev–Trinajstić information content (AvgIpc) is 1.64. The van der Waals surface area contributed by atoms with Gasteiger partial charge in [0, 0.05) is 0 Å². The molecule has 0 heterocycles. The normalized spacial score (nSPS) is 11.9. The van der Waals surface area contributed by atoms with Crippen LogP contribution in [0.4, 0.5) is 0 Å². The Hall–Kier alpha value is 1.26. The first-order valence-corrected chi connectivity index (χ1v) is 11.5. The van der Waals surface area contributed by atoms with E-state index >= 15 is 0 Å². The molecule has 48 valence electrons. The topological polar surface area (TPSA) is 3.24 Å². The Bertz CT molecular complexity index is 59.1. The molecule has 0 aromatic carbocycles. The molecule has 0 rings (SSSR count). The molecule has 0 spiro atoms. The molecule has 0 radical (unpaired) electrons. The summed E-state index contributed by atoms with van der Waals surface area (Å²) in [5.41, 5.74) is 0. The monoisotopic (exact) mass is 249 g/mol. The molecule has 0 aromatic rings. The van der Waals surface area contributed by atoms with Crippen LogP contribution >= 0.6 is 0 Å². The van der Waals surface area contributed by atoms with Gasteiger partial charge in [-0.15, -0.1) is 0 Å². The molecule has 8 heavy (non-hydrogen) atoms. The summed E-state index contributed by atoms with van der Waals surface area (Å²) in [6.07, 6.45) is 0. The van der Waals surface area contributed by atoms with E-state index in [-0.39, 0.29) is 17.9 Å². The van der Waals surface area contributed by atoms with Crippen molar-refractivity contribution in [2.45, 2.75) is 26.2 Å². The van der Waals surface area contributed by atoms with Crippen LogP contribution in [-0.4, -0.2) is 44.8 Å². The molecule has 0 aromatic heterocycles. The second kappa shape index (κ2) is 4.14. The van der Waals surface area contributed by atoms with Gasteiger partial charge in [0.25, 0.3) is 0 Å². The van der Waals surface area contributed by atoms with Gasteiger partial charge in [-0.3, -0.25) is 0 Å². The Morgan fingerprint density at radius 1 is 1.00 bits per heavy atom. The van der Waals surface area contributed by atoms with Crippen molar-refractivity contribution in [3.63, 3.8) is 0 Å². The summed E-state index contributed by atoms with van der Waals surface area (Å²) < 4.78 is 2.82. The first-order valence-electron chi connectivity index (χ1n) is 3.27. The van der Waals surface area contributed by atoms with E-state index in [2.05, 4.69) is 28.4 Å². The van der Waals surface area contributed by atoms with Crippen LogP contribution in [0.3, 0.4) is 0 Å². The molecule has 0 bridgehead atoms. The van der Waals surface area contributed by atoms with Gasteiger partial charge >= 0.3 is 71.0 Å². The molecule has 0 aliphatic rings. The van der Waals surface area contributed by atoms with Gasteiger partial charge in [0.15, 0.2) is 0 Å². The molecule has 1 nitrogen and oxygen atoms in total. The zero-order valence-electron chi connectivity index (χ0n) is 6.60. The van der Waals surface area contributed by atoms with Gasteiger partial charge in [-0.05, 0) is 0 Å². The van der Waals surface area contributed by atoms with Gasteiger partial charge in [0.1, 0.15) is 0 Å². The van der Waals surface area contributed by atoms with E-state index in [1.165, 1.54) is 0 Å². The summed E-state index contributed by atoms with van der Waals surface area (Å²) in [4.78, 5) is 0. The first kappa shape index (κ1) is 9.26.